The molecule has 0 amide bonds. The molecule has 0 aliphatic rings. The van der Waals surface area contributed by atoms with Gasteiger partial charge in [0.25, 0.3) is 0 Å². The van der Waals surface area contributed by atoms with Gasteiger partial charge in [0.1, 0.15) is 5.83 Å². The van der Waals surface area contributed by atoms with Crippen LogP contribution in [0.25, 0.3) is 0 Å². The zero-order chi connectivity index (χ0) is 15.6. The van der Waals surface area contributed by atoms with Gasteiger partial charge in [-0.3, -0.25) is 0 Å². The fourth-order valence-corrected chi connectivity index (χ4v) is 1.45. The van der Waals surface area contributed by atoms with Crippen LogP contribution in [0.3, 0.4) is 0 Å². The van der Waals surface area contributed by atoms with Crippen molar-refractivity contribution >= 4 is 12.4 Å². The van der Waals surface area contributed by atoms with Gasteiger partial charge in [0.15, 0.2) is 0 Å². The first-order valence-electron chi connectivity index (χ1n) is 5.37. The Morgan fingerprint density at radius 3 is 1.71 bits per heavy atom. The Balaban J connectivity index is 0.00000400. The van der Waals surface area contributed by atoms with Crippen LogP contribution in [0, 0.1) is 0 Å². The second-order valence-electron chi connectivity index (χ2n) is 3.97. The van der Waals surface area contributed by atoms with Gasteiger partial charge >= 0.3 is 12.4 Å². The molecular formula is C12H11ClF7N. The molecule has 0 atom stereocenters. The van der Waals surface area contributed by atoms with Crippen LogP contribution in [0.5, 0.6) is 0 Å². The molecule has 0 aliphatic heterocycles. The third-order valence-corrected chi connectivity index (χ3v) is 2.40. The number of halogens is 8. The van der Waals surface area contributed by atoms with Crippen molar-refractivity contribution in [3.63, 3.8) is 0 Å². The van der Waals surface area contributed by atoms with E-state index in [1.807, 2.05) is 0 Å². The number of rotatable bonds is 3. The number of nitrogens with two attached hydrogens (primary N) is 1. The standard InChI is InChI=1S/C12H10F7N.ClH/c13-10(6-20)2-1-7-3-8(11(14,15)16)5-9(4-7)12(17,18)19;/h2-5H,1,6,20H2;1H/b10-2-;. The van der Waals surface area contributed by atoms with Gasteiger partial charge in [-0.05, 0) is 36.3 Å². The summed E-state index contributed by atoms with van der Waals surface area (Å²) in [7, 11) is 0. The molecule has 0 aromatic heterocycles. The monoisotopic (exact) mass is 337 g/mol. The molecule has 0 fully saturated rings. The van der Waals surface area contributed by atoms with Crippen LogP contribution in [0.2, 0.25) is 0 Å². The lowest BCUT2D eigenvalue weighted by Crippen LogP contribution is -2.11. The Hall–Kier alpha value is -1.28. The summed E-state index contributed by atoms with van der Waals surface area (Å²) in [4.78, 5) is 0. The van der Waals surface area contributed by atoms with Gasteiger partial charge in [-0.1, -0.05) is 0 Å². The van der Waals surface area contributed by atoms with Gasteiger partial charge in [-0.15, -0.1) is 12.4 Å². The molecule has 1 rings (SSSR count). The summed E-state index contributed by atoms with van der Waals surface area (Å²) in [5.74, 6) is -0.809. The van der Waals surface area contributed by atoms with E-state index >= 15 is 0 Å². The Morgan fingerprint density at radius 1 is 0.952 bits per heavy atom. The normalized spacial score (nSPS) is 13.0. The smallest absolute Gasteiger partial charge is 0.325 e. The Kier molecular flexibility index (Phi) is 6.69. The van der Waals surface area contributed by atoms with Gasteiger partial charge in [0, 0.05) is 6.54 Å². The van der Waals surface area contributed by atoms with Crippen molar-refractivity contribution in [2.45, 2.75) is 18.8 Å². The highest BCUT2D eigenvalue weighted by atomic mass is 35.5. The minimum atomic E-state index is -4.91. The van der Waals surface area contributed by atoms with Gasteiger partial charge in [0.05, 0.1) is 11.1 Å². The summed E-state index contributed by atoms with van der Waals surface area (Å²) in [6, 6.07) is 1.12. The third-order valence-electron chi connectivity index (χ3n) is 2.40. The molecule has 2 N–H and O–H groups in total. The van der Waals surface area contributed by atoms with Crippen LogP contribution in [-0.2, 0) is 18.8 Å². The summed E-state index contributed by atoms with van der Waals surface area (Å²) in [6.45, 7) is -0.467. The Labute approximate surface area is 122 Å². The number of benzene rings is 1. The van der Waals surface area contributed by atoms with E-state index < -0.39 is 42.3 Å². The maximum Gasteiger partial charge on any atom is 0.416 e. The topological polar surface area (TPSA) is 26.0 Å². The van der Waals surface area contributed by atoms with Crippen LogP contribution < -0.4 is 5.73 Å². The third kappa shape index (κ3) is 5.92. The molecule has 0 saturated heterocycles. The van der Waals surface area contributed by atoms with Crippen molar-refractivity contribution < 1.29 is 30.7 Å². The summed E-state index contributed by atoms with van der Waals surface area (Å²) >= 11 is 0. The van der Waals surface area contributed by atoms with E-state index in [-0.39, 0.29) is 24.0 Å². The van der Waals surface area contributed by atoms with Crippen molar-refractivity contribution in [2.24, 2.45) is 5.73 Å². The van der Waals surface area contributed by atoms with E-state index in [2.05, 4.69) is 0 Å². The van der Waals surface area contributed by atoms with Crippen molar-refractivity contribution in [1.29, 1.82) is 0 Å². The van der Waals surface area contributed by atoms with E-state index in [1.54, 1.807) is 0 Å². The molecule has 0 unspecified atom stereocenters. The summed E-state index contributed by atoms with van der Waals surface area (Å²) in [5, 5.41) is 0. The molecule has 0 aliphatic carbocycles. The van der Waals surface area contributed by atoms with E-state index in [4.69, 9.17) is 5.73 Å². The van der Waals surface area contributed by atoms with Gasteiger partial charge < -0.3 is 5.73 Å². The van der Waals surface area contributed by atoms with Gasteiger partial charge in [0.2, 0.25) is 0 Å². The summed E-state index contributed by atoms with van der Waals surface area (Å²) in [6.07, 6.45) is -9.38. The maximum absolute atomic E-state index is 12.8. The van der Waals surface area contributed by atoms with Crippen LogP contribution in [-0.4, -0.2) is 6.54 Å². The van der Waals surface area contributed by atoms with Crippen molar-refractivity contribution in [1.82, 2.24) is 0 Å². The first kappa shape index (κ1) is 19.7. The predicted octanol–water partition coefficient (Wildman–Crippen LogP) is 4.50. The lowest BCUT2D eigenvalue weighted by atomic mass is 10.0. The molecule has 0 bridgehead atoms. The highest BCUT2D eigenvalue weighted by Crippen LogP contribution is 2.36. The number of allylic oxidation sites excluding steroid dienone is 1. The van der Waals surface area contributed by atoms with Crippen molar-refractivity contribution in [2.75, 3.05) is 6.54 Å². The zero-order valence-electron chi connectivity index (χ0n) is 10.4. The van der Waals surface area contributed by atoms with Crippen molar-refractivity contribution in [3.8, 4) is 0 Å². The predicted molar refractivity (Wildman–Crippen MR) is 65.6 cm³/mol. The minimum Gasteiger partial charge on any atom is -0.325 e. The quantitative estimate of drug-likeness (QED) is 0.807. The highest BCUT2D eigenvalue weighted by molar-refractivity contribution is 5.85. The Morgan fingerprint density at radius 2 is 1.38 bits per heavy atom. The van der Waals surface area contributed by atoms with Crippen LogP contribution >= 0.6 is 12.4 Å². The molecule has 1 aromatic carbocycles. The molecule has 1 nitrogen and oxygen atoms in total. The van der Waals surface area contributed by atoms with E-state index in [0.717, 1.165) is 6.08 Å². The average Bonchev–Trinajstić information content (AvgIpc) is 2.33. The SMILES string of the molecule is Cl.NC/C(F)=C/Cc1cc(C(F)(F)F)cc(C(F)(F)F)c1. The summed E-state index contributed by atoms with van der Waals surface area (Å²) < 4.78 is 87.9. The molecular weight excluding hydrogens is 327 g/mol. The molecule has 0 saturated carbocycles. The Bertz CT molecular complexity index is 473. The maximum atomic E-state index is 12.8. The molecule has 120 valence electrons. The molecule has 21 heavy (non-hydrogen) atoms. The summed E-state index contributed by atoms with van der Waals surface area (Å²) in [5.41, 5.74) is 1.78. The largest absolute Gasteiger partial charge is 0.416 e. The second-order valence-corrected chi connectivity index (χ2v) is 3.97. The fraction of sp³-hybridized carbons (Fsp3) is 0.333. The number of alkyl halides is 6. The molecule has 1 aromatic rings. The molecule has 9 heteroatoms. The first-order chi connectivity index (χ1) is 9.04. The van der Waals surface area contributed by atoms with Gasteiger partial charge in [-0.2, -0.15) is 26.3 Å². The lowest BCUT2D eigenvalue weighted by Gasteiger charge is -2.13. The fourth-order valence-electron chi connectivity index (χ4n) is 1.45. The van der Waals surface area contributed by atoms with Crippen LogP contribution in [0.4, 0.5) is 30.7 Å². The van der Waals surface area contributed by atoms with E-state index in [0.29, 0.717) is 12.1 Å². The lowest BCUT2D eigenvalue weighted by molar-refractivity contribution is -0.143. The zero-order valence-corrected chi connectivity index (χ0v) is 11.2. The molecule has 0 spiro atoms. The van der Waals surface area contributed by atoms with Crippen LogP contribution in [0.15, 0.2) is 30.1 Å². The van der Waals surface area contributed by atoms with E-state index in [9.17, 15) is 30.7 Å². The van der Waals surface area contributed by atoms with Crippen molar-refractivity contribution in [3.05, 3.63) is 46.8 Å². The average molecular weight is 338 g/mol. The molecule has 0 radical (unpaired) electrons. The van der Waals surface area contributed by atoms with Crippen LogP contribution in [0.1, 0.15) is 16.7 Å². The number of hydrogen-bond acceptors (Lipinski definition) is 1. The van der Waals surface area contributed by atoms with Gasteiger partial charge in [-0.25, -0.2) is 4.39 Å². The number of hydrogen-bond donors (Lipinski definition) is 1. The molecule has 0 heterocycles. The highest BCUT2D eigenvalue weighted by Gasteiger charge is 2.36. The first-order valence-corrected chi connectivity index (χ1v) is 5.37. The second kappa shape index (κ2) is 7.13. The van der Waals surface area contributed by atoms with E-state index in [1.165, 1.54) is 0 Å². The minimum absolute atomic E-state index is 0.